The van der Waals surface area contributed by atoms with E-state index in [1.165, 1.54) is 4.85 Å². The van der Waals surface area contributed by atoms with Crippen LogP contribution in [0.4, 0.5) is 0 Å². The van der Waals surface area contributed by atoms with Crippen LogP contribution in [-0.2, 0) is 0 Å². The number of fused-ring (bicyclic) bond motifs is 2. The molecule has 0 aliphatic rings. The fourth-order valence-corrected chi connectivity index (χ4v) is 3.56. The average molecular weight is 422 g/mol. The Morgan fingerprint density at radius 3 is 2.67 bits per heavy atom. The number of aromatic nitrogens is 7. The summed E-state index contributed by atoms with van der Waals surface area (Å²) in [6.45, 7) is 2.00. The van der Waals surface area contributed by atoms with E-state index in [1.54, 1.807) is 24.7 Å². The summed E-state index contributed by atoms with van der Waals surface area (Å²) < 4.78 is 2.87. The Balaban J connectivity index is 1.75. The van der Waals surface area contributed by atoms with Crippen LogP contribution in [0.2, 0.25) is 0 Å². The maximum Gasteiger partial charge on any atom is 0.273 e. The lowest BCUT2D eigenvalue weighted by Crippen LogP contribution is -2.09. The summed E-state index contributed by atoms with van der Waals surface area (Å²) >= 11 is 3.66. The van der Waals surface area contributed by atoms with Crippen molar-refractivity contribution in [2.45, 2.75) is 6.92 Å². The summed E-state index contributed by atoms with van der Waals surface area (Å²) in [5.41, 5.74) is 4.03. The molecule has 9 heteroatoms. The van der Waals surface area contributed by atoms with E-state index in [2.05, 4.69) is 41.2 Å². The molecule has 4 heterocycles. The first-order valence-corrected chi connectivity index (χ1v) is 8.94. The van der Waals surface area contributed by atoms with Gasteiger partial charge < -0.3 is 9.24 Å². The second kappa shape index (κ2) is 6.13. The number of halogens is 1. The van der Waals surface area contributed by atoms with Crippen LogP contribution in [0.1, 0.15) is 5.69 Å². The molecule has 0 atom stereocenters. The Hall–Kier alpha value is -3.33. The molecule has 5 rings (SSSR count). The van der Waals surface area contributed by atoms with Crippen molar-refractivity contribution in [3.05, 3.63) is 65.3 Å². The van der Waals surface area contributed by atoms with Crippen LogP contribution in [0, 0.1) is 6.92 Å². The minimum Gasteiger partial charge on any atom is -0.333 e. The molecule has 0 radical (unpaired) electrons. The summed E-state index contributed by atoms with van der Waals surface area (Å²) in [5, 5.41) is 8.20. The SMILES string of the molecule is Cc1c(Br)c(-c2ncccn2)c2c(On3nnc4ccccc43)nccn12. The molecule has 0 N–H and O–H groups in total. The monoisotopic (exact) mass is 421 g/mol. The predicted molar refractivity (Wildman–Crippen MR) is 102 cm³/mol. The largest absolute Gasteiger partial charge is 0.333 e. The number of para-hydroxylation sites is 1. The maximum atomic E-state index is 6.01. The Morgan fingerprint density at radius 2 is 1.81 bits per heavy atom. The highest BCUT2D eigenvalue weighted by atomic mass is 79.9. The van der Waals surface area contributed by atoms with E-state index in [0.29, 0.717) is 11.7 Å². The first-order chi connectivity index (χ1) is 13.2. The normalized spacial score (nSPS) is 11.3. The van der Waals surface area contributed by atoms with E-state index < -0.39 is 0 Å². The molecule has 0 aliphatic carbocycles. The fourth-order valence-electron chi connectivity index (χ4n) is 3.00. The predicted octanol–water partition coefficient (Wildman–Crippen LogP) is 3.45. The smallest absolute Gasteiger partial charge is 0.273 e. The van der Waals surface area contributed by atoms with Gasteiger partial charge in [-0.2, -0.15) is 0 Å². The van der Waals surface area contributed by atoms with Crippen molar-refractivity contribution in [1.29, 1.82) is 0 Å². The van der Waals surface area contributed by atoms with Gasteiger partial charge in [-0.05, 0) is 46.3 Å². The van der Waals surface area contributed by atoms with Gasteiger partial charge in [-0.3, -0.25) is 0 Å². The number of benzene rings is 1. The zero-order chi connectivity index (χ0) is 18.4. The van der Waals surface area contributed by atoms with Crippen LogP contribution < -0.4 is 4.84 Å². The van der Waals surface area contributed by atoms with Crippen molar-refractivity contribution in [2.75, 3.05) is 0 Å². The van der Waals surface area contributed by atoms with Crippen LogP contribution in [0.15, 0.2) is 59.6 Å². The van der Waals surface area contributed by atoms with E-state index >= 15 is 0 Å². The van der Waals surface area contributed by atoms with Gasteiger partial charge in [-0.15, -0.1) is 5.10 Å². The first-order valence-electron chi connectivity index (χ1n) is 8.15. The molecule has 0 saturated carbocycles. The molecule has 132 valence electrons. The number of hydrogen-bond donors (Lipinski definition) is 0. The third-order valence-electron chi connectivity index (χ3n) is 4.27. The topological polar surface area (TPSA) is 83.0 Å². The molecule has 27 heavy (non-hydrogen) atoms. The first kappa shape index (κ1) is 15.9. The van der Waals surface area contributed by atoms with Crippen molar-refractivity contribution in [3.63, 3.8) is 0 Å². The van der Waals surface area contributed by atoms with Gasteiger partial charge in [0.25, 0.3) is 5.88 Å². The standard InChI is InChI=1S/C18H12BrN7O/c1-11-15(19)14(17-20-7-4-8-21-17)16-18(22-9-10-25(11)16)27-26-13-6-3-2-5-12(13)23-24-26/h2-10H,1H3. The van der Waals surface area contributed by atoms with Gasteiger partial charge >= 0.3 is 0 Å². The van der Waals surface area contributed by atoms with E-state index in [-0.39, 0.29) is 0 Å². The van der Waals surface area contributed by atoms with Crippen LogP contribution >= 0.6 is 15.9 Å². The molecule has 0 amide bonds. The quantitative estimate of drug-likeness (QED) is 0.443. The van der Waals surface area contributed by atoms with Gasteiger partial charge in [-0.1, -0.05) is 17.0 Å². The van der Waals surface area contributed by atoms with Gasteiger partial charge in [0.1, 0.15) is 16.6 Å². The van der Waals surface area contributed by atoms with Crippen molar-refractivity contribution in [3.8, 4) is 17.3 Å². The molecule has 0 bridgehead atoms. The Labute approximate surface area is 161 Å². The zero-order valence-corrected chi connectivity index (χ0v) is 15.7. The highest BCUT2D eigenvalue weighted by molar-refractivity contribution is 9.10. The van der Waals surface area contributed by atoms with E-state index in [1.807, 2.05) is 41.8 Å². The summed E-state index contributed by atoms with van der Waals surface area (Å²) in [4.78, 5) is 20.6. The molecule has 0 saturated heterocycles. The molecule has 8 nitrogen and oxygen atoms in total. The Kier molecular flexibility index (Phi) is 3.61. The van der Waals surface area contributed by atoms with E-state index in [4.69, 9.17) is 4.84 Å². The van der Waals surface area contributed by atoms with Gasteiger partial charge in [0.2, 0.25) is 0 Å². The van der Waals surface area contributed by atoms with Crippen molar-refractivity contribution < 1.29 is 4.84 Å². The Morgan fingerprint density at radius 1 is 1.00 bits per heavy atom. The summed E-state index contributed by atoms with van der Waals surface area (Å²) in [6, 6.07) is 9.34. The van der Waals surface area contributed by atoms with E-state index in [0.717, 1.165) is 32.3 Å². The van der Waals surface area contributed by atoms with Crippen LogP contribution in [0.3, 0.4) is 0 Å². The molecular weight excluding hydrogens is 410 g/mol. The van der Waals surface area contributed by atoms with Crippen LogP contribution in [-0.4, -0.2) is 34.5 Å². The minimum atomic E-state index is 0.379. The maximum absolute atomic E-state index is 6.01. The lowest BCUT2D eigenvalue weighted by Gasteiger charge is -2.07. The third kappa shape index (κ3) is 2.47. The van der Waals surface area contributed by atoms with Gasteiger partial charge in [0.05, 0.1) is 10.0 Å². The third-order valence-corrected chi connectivity index (χ3v) is 5.24. The molecule has 0 aliphatic heterocycles. The minimum absolute atomic E-state index is 0.379. The summed E-state index contributed by atoms with van der Waals surface area (Å²) in [5.74, 6) is 0.959. The molecule has 1 aromatic carbocycles. The molecule has 0 fully saturated rings. The Bertz CT molecular complexity index is 1280. The van der Waals surface area contributed by atoms with Crippen LogP contribution in [0.5, 0.6) is 5.88 Å². The van der Waals surface area contributed by atoms with Crippen molar-refractivity contribution >= 4 is 32.5 Å². The molecule has 5 aromatic rings. The summed E-state index contributed by atoms with van der Waals surface area (Å²) in [6.07, 6.45) is 6.95. The highest BCUT2D eigenvalue weighted by Gasteiger charge is 2.22. The second-order valence-electron chi connectivity index (χ2n) is 5.84. The average Bonchev–Trinajstić information content (AvgIpc) is 3.23. The van der Waals surface area contributed by atoms with Crippen LogP contribution in [0.25, 0.3) is 27.9 Å². The number of aryl methyl sites for hydroxylation is 1. The van der Waals surface area contributed by atoms with Crippen molar-refractivity contribution in [2.24, 2.45) is 0 Å². The molecule has 4 aromatic heterocycles. The molecule has 0 spiro atoms. The highest BCUT2D eigenvalue weighted by Crippen LogP contribution is 2.38. The van der Waals surface area contributed by atoms with E-state index in [9.17, 15) is 0 Å². The van der Waals surface area contributed by atoms with Gasteiger partial charge in [0, 0.05) is 30.5 Å². The molecular formula is C18H12BrN7O. The number of nitrogens with zero attached hydrogens (tertiary/aromatic N) is 7. The number of hydrogen-bond acceptors (Lipinski definition) is 6. The molecule has 0 unspecified atom stereocenters. The zero-order valence-electron chi connectivity index (χ0n) is 14.1. The van der Waals surface area contributed by atoms with Gasteiger partial charge in [0.15, 0.2) is 5.82 Å². The van der Waals surface area contributed by atoms with Crippen molar-refractivity contribution in [1.82, 2.24) is 34.5 Å². The lowest BCUT2D eigenvalue weighted by atomic mass is 10.2. The second-order valence-corrected chi connectivity index (χ2v) is 6.63. The lowest BCUT2D eigenvalue weighted by molar-refractivity contribution is 0.178. The fraction of sp³-hybridized carbons (Fsp3) is 0.0556. The summed E-state index contributed by atoms with van der Waals surface area (Å²) in [7, 11) is 0. The van der Waals surface area contributed by atoms with Gasteiger partial charge in [-0.25, -0.2) is 15.0 Å². The number of rotatable bonds is 3.